The van der Waals surface area contributed by atoms with Crippen LogP contribution in [0.1, 0.15) is 25.0 Å². The smallest absolute Gasteiger partial charge is 0.0985 e. The number of allylic oxidation sites excluding steroid dienone is 3. The quantitative estimate of drug-likeness (QED) is 0.220. The molecule has 0 fully saturated rings. The van der Waals surface area contributed by atoms with E-state index in [1.54, 1.807) is 0 Å². The van der Waals surface area contributed by atoms with Crippen molar-refractivity contribution < 1.29 is 0 Å². The van der Waals surface area contributed by atoms with Crippen molar-refractivity contribution in [3.63, 3.8) is 0 Å². The number of benzene rings is 4. The molecule has 0 saturated carbocycles. The van der Waals surface area contributed by atoms with Crippen LogP contribution in [0.3, 0.4) is 0 Å². The van der Waals surface area contributed by atoms with Gasteiger partial charge in [0.05, 0.1) is 0 Å². The van der Waals surface area contributed by atoms with E-state index in [1.165, 1.54) is 43.0 Å². The van der Waals surface area contributed by atoms with Crippen LogP contribution in [-0.2, 0) is 0 Å². The van der Waals surface area contributed by atoms with E-state index in [0.29, 0.717) is 0 Å². The highest BCUT2D eigenvalue weighted by molar-refractivity contribution is 7.19. The number of hydrogen-bond acceptors (Lipinski definition) is 0. The molecule has 0 bridgehead atoms. The summed E-state index contributed by atoms with van der Waals surface area (Å²) in [5.41, 5.74) is 5.06. The van der Waals surface area contributed by atoms with Gasteiger partial charge in [0, 0.05) is 0 Å². The van der Waals surface area contributed by atoms with Gasteiger partial charge in [0.25, 0.3) is 0 Å². The first-order valence-electron chi connectivity index (χ1n) is 11.2. The average Bonchev–Trinajstić information content (AvgIpc) is 2.84. The molecule has 0 aromatic heterocycles. The van der Waals surface area contributed by atoms with E-state index in [-0.39, 0.29) is 0 Å². The summed E-state index contributed by atoms with van der Waals surface area (Å²) in [5, 5.41) is 5.57. The molecule has 0 aliphatic rings. The first-order chi connectivity index (χ1) is 15.6. The molecular weight excluding hydrogens is 400 g/mol. The zero-order valence-corrected chi connectivity index (χ0v) is 20.2. The molecule has 0 N–H and O–H groups in total. The maximum absolute atomic E-state index is 4.12. The molecule has 0 nitrogen and oxygen atoms in total. The summed E-state index contributed by atoms with van der Waals surface area (Å²) < 4.78 is 0. The third-order valence-electron chi connectivity index (χ3n) is 6.32. The Morgan fingerprint density at radius 3 is 1.44 bits per heavy atom. The number of rotatable bonds is 6. The van der Waals surface area contributed by atoms with Crippen LogP contribution in [0.2, 0.25) is 0 Å². The Morgan fingerprint density at radius 2 is 1.06 bits per heavy atom. The number of aryl methyl sites for hydroxylation is 1. The van der Waals surface area contributed by atoms with Gasteiger partial charge in [-0.3, -0.25) is 0 Å². The summed E-state index contributed by atoms with van der Waals surface area (Å²) in [6.45, 7) is 10.6. The third kappa shape index (κ3) is 3.81. The molecule has 0 saturated heterocycles. The van der Waals surface area contributed by atoms with Crippen molar-refractivity contribution in [2.24, 2.45) is 0 Å². The molecule has 0 heterocycles. The van der Waals surface area contributed by atoms with Gasteiger partial charge in [-0.1, -0.05) is 127 Å². The molecule has 1 heteroatoms. The monoisotopic (exact) mass is 430 g/mol. The van der Waals surface area contributed by atoms with Gasteiger partial charge in [-0.15, -0.1) is 0 Å². The van der Waals surface area contributed by atoms with Gasteiger partial charge in [-0.25, -0.2) is 0 Å². The summed E-state index contributed by atoms with van der Waals surface area (Å²) in [6, 6.07) is 40.3. The molecule has 0 aliphatic heterocycles. The zero-order chi connectivity index (χ0) is 22.6. The van der Waals surface area contributed by atoms with E-state index in [1.807, 2.05) is 6.08 Å². The van der Waals surface area contributed by atoms with Crippen molar-refractivity contribution in [2.45, 2.75) is 20.8 Å². The van der Waals surface area contributed by atoms with Crippen molar-refractivity contribution in [3.8, 4) is 0 Å². The minimum absolute atomic E-state index is 1.22. The van der Waals surface area contributed by atoms with Gasteiger partial charge in [0.2, 0.25) is 0 Å². The molecule has 0 spiro atoms. The Balaban J connectivity index is 2.15. The normalized spacial score (nSPS) is 11.1. The lowest BCUT2D eigenvalue weighted by Crippen LogP contribution is -2.74. The third-order valence-corrected chi connectivity index (χ3v) is 11.1. The van der Waals surface area contributed by atoms with Crippen LogP contribution in [0.15, 0.2) is 127 Å². The fourth-order valence-electron chi connectivity index (χ4n) is 4.79. The second kappa shape index (κ2) is 9.38. The largest absolute Gasteiger partial charge is 0.179 e. The summed E-state index contributed by atoms with van der Waals surface area (Å²) in [5.74, 6) is 0. The van der Waals surface area contributed by atoms with Crippen LogP contribution in [0, 0.1) is 6.92 Å². The van der Waals surface area contributed by atoms with E-state index < -0.39 is 8.07 Å². The molecule has 0 unspecified atom stereocenters. The predicted octanol–water partition coefficient (Wildman–Crippen LogP) is 5.35. The van der Waals surface area contributed by atoms with Crippen LogP contribution in [0.5, 0.6) is 0 Å². The minimum Gasteiger partial charge on any atom is -0.0985 e. The van der Waals surface area contributed by atoms with Gasteiger partial charge >= 0.3 is 0 Å². The van der Waals surface area contributed by atoms with Crippen molar-refractivity contribution in [1.29, 1.82) is 0 Å². The highest BCUT2D eigenvalue weighted by Gasteiger charge is 2.41. The Hall–Kier alpha value is -3.42. The molecule has 4 aromatic rings. The van der Waals surface area contributed by atoms with Crippen LogP contribution in [-0.4, -0.2) is 8.07 Å². The molecule has 0 radical (unpaired) electrons. The average molecular weight is 431 g/mol. The molecule has 0 atom stereocenters. The topological polar surface area (TPSA) is 0 Å². The lowest BCUT2D eigenvalue weighted by molar-refractivity contribution is 1.36. The van der Waals surface area contributed by atoms with E-state index in [9.17, 15) is 0 Å². The SMILES string of the molecule is C=CC(=C(C)C)c1cc([Si](c2ccccc2)(c2ccccc2)c2ccccc2)ccc1C. The van der Waals surface area contributed by atoms with E-state index in [2.05, 4.69) is 137 Å². The Bertz CT molecular complexity index is 1130. The second-order valence-corrected chi connectivity index (χ2v) is 12.3. The Labute approximate surface area is 193 Å². The Kier molecular flexibility index (Phi) is 6.39. The van der Waals surface area contributed by atoms with Gasteiger partial charge in [0.1, 0.15) is 0 Å². The highest BCUT2D eigenvalue weighted by Crippen LogP contribution is 2.23. The molecular formula is C31H30Si. The van der Waals surface area contributed by atoms with Crippen molar-refractivity contribution in [3.05, 3.63) is 139 Å². The van der Waals surface area contributed by atoms with Gasteiger partial charge in [0.15, 0.2) is 8.07 Å². The van der Waals surface area contributed by atoms with Crippen LogP contribution >= 0.6 is 0 Å². The standard InChI is InChI=1S/C31H30Si/c1-5-30(24(2)3)31-23-29(22-21-25(31)4)32(26-15-9-6-10-16-26,27-17-11-7-12-18-27)28-19-13-8-14-20-28/h5-23H,1H2,2-4H3. The van der Waals surface area contributed by atoms with Gasteiger partial charge in [-0.05, 0) is 58.2 Å². The summed E-state index contributed by atoms with van der Waals surface area (Å²) >= 11 is 0. The fraction of sp³-hybridized carbons (Fsp3) is 0.0968. The van der Waals surface area contributed by atoms with Crippen molar-refractivity contribution in [2.75, 3.05) is 0 Å². The van der Waals surface area contributed by atoms with E-state index >= 15 is 0 Å². The van der Waals surface area contributed by atoms with Crippen molar-refractivity contribution >= 4 is 34.4 Å². The molecule has 158 valence electrons. The minimum atomic E-state index is -2.50. The lowest BCUT2D eigenvalue weighted by Gasteiger charge is -2.35. The van der Waals surface area contributed by atoms with Crippen LogP contribution < -0.4 is 20.7 Å². The lowest BCUT2D eigenvalue weighted by atomic mass is 9.97. The fourth-order valence-corrected chi connectivity index (χ4v) is 9.56. The molecule has 4 aromatic carbocycles. The second-order valence-electron chi connectivity index (χ2n) is 8.50. The first kappa shape index (κ1) is 21.8. The van der Waals surface area contributed by atoms with E-state index in [4.69, 9.17) is 0 Å². The summed E-state index contributed by atoms with van der Waals surface area (Å²) in [7, 11) is -2.50. The van der Waals surface area contributed by atoms with Crippen LogP contribution in [0.4, 0.5) is 0 Å². The molecule has 4 rings (SSSR count). The van der Waals surface area contributed by atoms with Gasteiger partial charge < -0.3 is 0 Å². The number of hydrogen-bond donors (Lipinski definition) is 0. The van der Waals surface area contributed by atoms with Gasteiger partial charge in [-0.2, -0.15) is 0 Å². The van der Waals surface area contributed by atoms with E-state index in [0.717, 1.165) is 0 Å². The summed E-state index contributed by atoms with van der Waals surface area (Å²) in [4.78, 5) is 0. The van der Waals surface area contributed by atoms with Crippen LogP contribution in [0.25, 0.3) is 5.57 Å². The highest BCUT2D eigenvalue weighted by atomic mass is 28.3. The maximum Gasteiger partial charge on any atom is 0.179 e. The summed E-state index contributed by atoms with van der Waals surface area (Å²) in [6.07, 6.45) is 2.00. The predicted molar refractivity (Wildman–Crippen MR) is 143 cm³/mol. The molecule has 0 amide bonds. The zero-order valence-electron chi connectivity index (χ0n) is 19.2. The molecule has 0 aliphatic carbocycles. The maximum atomic E-state index is 4.12. The Morgan fingerprint density at radius 1 is 0.625 bits per heavy atom. The van der Waals surface area contributed by atoms with Crippen molar-refractivity contribution in [1.82, 2.24) is 0 Å². The first-order valence-corrected chi connectivity index (χ1v) is 13.2. The molecule has 32 heavy (non-hydrogen) atoms.